The fourth-order valence-electron chi connectivity index (χ4n) is 1.68. The van der Waals surface area contributed by atoms with Crippen LogP contribution >= 0.6 is 23.2 Å². The monoisotopic (exact) mass is 289 g/mol. The number of carbonyl (C=O) groups excluding carboxylic acids is 2. The molecule has 2 rings (SSSR count). The Morgan fingerprint density at radius 3 is 2.72 bits per heavy atom. The molecule has 0 bridgehead atoms. The second-order valence-electron chi connectivity index (χ2n) is 3.81. The van der Waals surface area contributed by atoms with E-state index in [9.17, 15) is 14.4 Å². The van der Waals surface area contributed by atoms with Gasteiger partial charge >= 0.3 is 0 Å². The number of imide groups is 1. The second kappa shape index (κ2) is 5.07. The molecule has 1 aliphatic heterocycles. The minimum absolute atomic E-state index is 0.0302. The van der Waals surface area contributed by atoms with Gasteiger partial charge in [0.2, 0.25) is 5.91 Å². The van der Waals surface area contributed by atoms with Gasteiger partial charge in [0, 0.05) is 13.0 Å². The maximum absolute atomic E-state index is 11.8. The van der Waals surface area contributed by atoms with Crippen LogP contribution in [0, 0.1) is 0 Å². The molecule has 18 heavy (non-hydrogen) atoms. The van der Waals surface area contributed by atoms with Crippen LogP contribution in [0.2, 0.25) is 10.0 Å². The maximum atomic E-state index is 11.8. The van der Waals surface area contributed by atoms with Crippen molar-refractivity contribution in [1.29, 1.82) is 0 Å². The van der Waals surface area contributed by atoms with Gasteiger partial charge in [-0.3, -0.25) is 19.3 Å². The van der Waals surface area contributed by atoms with E-state index in [0.717, 1.165) is 9.58 Å². The molecular weight excluding hydrogens is 281 g/mol. The van der Waals surface area contributed by atoms with Gasteiger partial charge in [0.25, 0.3) is 11.5 Å². The van der Waals surface area contributed by atoms with Crippen LogP contribution in [0.3, 0.4) is 0 Å². The largest absolute Gasteiger partial charge is 0.287 e. The van der Waals surface area contributed by atoms with Gasteiger partial charge in [0.05, 0.1) is 11.2 Å². The quantitative estimate of drug-likeness (QED) is 0.803. The molecule has 0 spiro atoms. The van der Waals surface area contributed by atoms with Gasteiger partial charge in [-0.15, -0.1) is 0 Å². The van der Waals surface area contributed by atoms with Crippen LogP contribution in [0.25, 0.3) is 0 Å². The van der Waals surface area contributed by atoms with Gasteiger partial charge in [0.1, 0.15) is 11.6 Å². The third-order valence-electron chi connectivity index (χ3n) is 2.60. The summed E-state index contributed by atoms with van der Waals surface area (Å²) in [6.07, 6.45) is 2.19. The van der Waals surface area contributed by atoms with Crippen molar-refractivity contribution < 1.29 is 9.59 Å². The molecule has 1 aromatic rings. The molecule has 6 nitrogen and oxygen atoms in total. The first-order chi connectivity index (χ1) is 8.50. The lowest BCUT2D eigenvalue weighted by Gasteiger charge is -2.13. The molecule has 1 saturated heterocycles. The van der Waals surface area contributed by atoms with Crippen molar-refractivity contribution in [3.63, 3.8) is 0 Å². The van der Waals surface area contributed by atoms with E-state index in [0.29, 0.717) is 19.4 Å². The zero-order chi connectivity index (χ0) is 13.3. The zero-order valence-electron chi connectivity index (χ0n) is 9.23. The molecule has 0 aromatic carbocycles. The van der Waals surface area contributed by atoms with Crippen molar-refractivity contribution >= 4 is 35.0 Å². The summed E-state index contributed by atoms with van der Waals surface area (Å²) in [7, 11) is 0. The van der Waals surface area contributed by atoms with Crippen molar-refractivity contribution in [2.75, 3.05) is 6.54 Å². The number of aromatic nitrogens is 2. The number of carbonyl (C=O) groups is 2. The van der Waals surface area contributed by atoms with Crippen LogP contribution in [-0.4, -0.2) is 33.0 Å². The van der Waals surface area contributed by atoms with Crippen molar-refractivity contribution in [2.45, 2.75) is 19.4 Å². The minimum atomic E-state index is -0.649. The van der Waals surface area contributed by atoms with E-state index in [1.165, 1.54) is 6.20 Å². The fraction of sp³-hybridized carbons (Fsp3) is 0.400. The average Bonchev–Trinajstić information content (AvgIpc) is 2.76. The summed E-state index contributed by atoms with van der Waals surface area (Å²) < 4.78 is 0.891. The molecule has 1 aliphatic rings. The zero-order valence-corrected chi connectivity index (χ0v) is 10.7. The first-order valence-electron chi connectivity index (χ1n) is 5.25. The molecule has 0 N–H and O–H groups in total. The van der Waals surface area contributed by atoms with Crippen molar-refractivity contribution in [1.82, 2.24) is 14.7 Å². The molecule has 0 aliphatic carbocycles. The van der Waals surface area contributed by atoms with Crippen LogP contribution in [0.15, 0.2) is 11.0 Å². The van der Waals surface area contributed by atoms with E-state index < -0.39 is 11.5 Å². The third kappa shape index (κ3) is 2.39. The highest BCUT2D eigenvalue weighted by Gasteiger charge is 2.27. The Morgan fingerprint density at radius 1 is 1.39 bits per heavy atom. The number of likely N-dealkylation sites (tertiary alicyclic amines) is 1. The van der Waals surface area contributed by atoms with E-state index in [1.807, 2.05) is 0 Å². The molecule has 1 aromatic heterocycles. The summed E-state index contributed by atoms with van der Waals surface area (Å²) in [5.74, 6) is -0.696. The molecule has 1 fully saturated rings. The molecule has 8 heteroatoms. The lowest BCUT2D eigenvalue weighted by atomic mass is 10.4. The van der Waals surface area contributed by atoms with Crippen LogP contribution in [0.5, 0.6) is 0 Å². The normalized spacial score (nSPS) is 15.2. The number of hydrogen-bond acceptors (Lipinski definition) is 4. The van der Waals surface area contributed by atoms with Gasteiger partial charge in [-0.05, 0) is 6.42 Å². The Labute approximate surface area is 112 Å². The molecule has 0 saturated carbocycles. The molecule has 0 atom stereocenters. The SMILES string of the molecule is O=C1CCCN1C(=O)Cn1ncc(Cl)c(Cl)c1=O. The van der Waals surface area contributed by atoms with Gasteiger partial charge < -0.3 is 0 Å². The van der Waals surface area contributed by atoms with E-state index in [4.69, 9.17) is 23.2 Å². The summed E-state index contributed by atoms with van der Waals surface area (Å²) in [5, 5.41) is 3.55. The standard InChI is InChI=1S/C10H9Cl2N3O3/c11-6-4-13-15(10(18)9(6)12)5-8(17)14-3-1-2-7(14)16/h4H,1-3,5H2. The predicted molar refractivity (Wildman–Crippen MR) is 64.5 cm³/mol. The van der Waals surface area contributed by atoms with Crippen molar-refractivity contribution in [3.8, 4) is 0 Å². The van der Waals surface area contributed by atoms with Crippen LogP contribution in [-0.2, 0) is 16.1 Å². The number of amides is 2. The van der Waals surface area contributed by atoms with Gasteiger partial charge in [0.15, 0.2) is 0 Å². The molecule has 0 unspecified atom stereocenters. The fourth-order valence-corrected chi connectivity index (χ4v) is 1.95. The van der Waals surface area contributed by atoms with Crippen LogP contribution < -0.4 is 5.56 Å². The Bertz CT molecular complexity index is 570. The van der Waals surface area contributed by atoms with Gasteiger partial charge in [-0.1, -0.05) is 23.2 Å². The molecule has 2 heterocycles. The smallest absolute Gasteiger partial charge is 0.281 e. The minimum Gasteiger partial charge on any atom is -0.281 e. The highest BCUT2D eigenvalue weighted by atomic mass is 35.5. The summed E-state index contributed by atoms with van der Waals surface area (Å²) >= 11 is 11.3. The molecule has 0 radical (unpaired) electrons. The predicted octanol–water partition coefficient (Wildman–Crippen LogP) is 0.699. The maximum Gasteiger partial charge on any atom is 0.287 e. The van der Waals surface area contributed by atoms with Gasteiger partial charge in [-0.2, -0.15) is 5.10 Å². The van der Waals surface area contributed by atoms with E-state index in [1.54, 1.807) is 0 Å². The first-order valence-corrected chi connectivity index (χ1v) is 6.00. The molecular formula is C10H9Cl2N3O3. The highest BCUT2D eigenvalue weighted by Crippen LogP contribution is 2.15. The lowest BCUT2D eigenvalue weighted by molar-refractivity contribution is -0.142. The Balaban J connectivity index is 2.20. The van der Waals surface area contributed by atoms with E-state index in [2.05, 4.69) is 5.10 Å². The van der Waals surface area contributed by atoms with E-state index >= 15 is 0 Å². The Kier molecular flexibility index (Phi) is 3.68. The molecule has 96 valence electrons. The number of hydrogen-bond donors (Lipinski definition) is 0. The summed E-state index contributed by atoms with van der Waals surface area (Å²) in [6, 6.07) is 0. The second-order valence-corrected chi connectivity index (χ2v) is 4.60. The summed E-state index contributed by atoms with van der Waals surface area (Å²) in [5.41, 5.74) is -0.649. The van der Waals surface area contributed by atoms with Crippen molar-refractivity contribution in [3.05, 3.63) is 26.6 Å². The van der Waals surface area contributed by atoms with Crippen LogP contribution in [0.4, 0.5) is 0 Å². The van der Waals surface area contributed by atoms with Gasteiger partial charge in [-0.25, -0.2) is 4.68 Å². The summed E-state index contributed by atoms with van der Waals surface area (Å²) in [6.45, 7) is 0.0647. The van der Waals surface area contributed by atoms with E-state index in [-0.39, 0.29) is 22.5 Å². The number of nitrogens with zero attached hydrogens (tertiary/aromatic N) is 3. The first kappa shape index (κ1) is 13.0. The van der Waals surface area contributed by atoms with Crippen LogP contribution in [0.1, 0.15) is 12.8 Å². The molecule has 2 amide bonds. The third-order valence-corrected chi connectivity index (χ3v) is 3.35. The number of rotatable bonds is 2. The Morgan fingerprint density at radius 2 is 2.11 bits per heavy atom. The topological polar surface area (TPSA) is 72.3 Å². The Hall–Kier alpha value is -1.40. The lowest BCUT2D eigenvalue weighted by Crippen LogP contribution is -2.38. The summed E-state index contributed by atoms with van der Waals surface area (Å²) in [4.78, 5) is 35.9. The van der Waals surface area contributed by atoms with Crippen molar-refractivity contribution in [2.24, 2.45) is 0 Å². The number of halogens is 2. The highest BCUT2D eigenvalue weighted by molar-refractivity contribution is 6.41. The average molecular weight is 290 g/mol.